The molecule has 0 aromatic heterocycles. The maximum atomic E-state index is 14.8. The van der Waals surface area contributed by atoms with Gasteiger partial charge in [0.25, 0.3) is 0 Å². The smallest absolute Gasteiger partial charge is 0.166 e. The molecular weight excluding hydrogens is 437 g/mol. The summed E-state index contributed by atoms with van der Waals surface area (Å²) in [6.45, 7) is 0.641. The predicted octanol–water partition coefficient (Wildman–Crippen LogP) is 7.30. The number of benzene rings is 4. The van der Waals surface area contributed by atoms with Crippen LogP contribution < -0.4 is 4.74 Å². The van der Waals surface area contributed by atoms with E-state index in [1.165, 1.54) is 6.07 Å². The van der Waals surface area contributed by atoms with E-state index in [0.717, 1.165) is 16.7 Å². The highest BCUT2D eigenvalue weighted by molar-refractivity contribution is 5.66. The molecule has 1 fully saturated rings. The maximum absolute atomic E-state index is 14.8. The third kappa shape index (κ3) is 4.57. The van der Waals surface area contributed by atoms with Crippen LogP contribution in [0, 0.1) is 17.5 Å². The lowest BCUT2D eigenvalue weighted by atomic mass is 9.97. The van der Waals surface area contributed by atoms with Gasteiger partial charge in [0.15, 0.2) is 11.6 Å². The van der Waals surface area contributed by atoms with Gasteiger partial charge in [0.2, 0.25) is 0 Å². The summed E-state index contributed by atoms with van der Waals surface area (Å²) in [5.74, 6) is -1.31. The zero-order valence-electron chi connectivity index (χ0n) is 18.7. The summed E-state index contributed by atoms with van der Waals surface area (Å²) in [6.07, 6.45) is 0.912. The Balaban J connectivity index is 1.28. The van der Waals surface area contributed by atoms with Gasteiger partial charge in [-0.15, -0.1) is 0 Å². The van der Waals surface area contributed by atoms with E-state index in [2.05, 4.69) is 0 Å². The molecule has 1 atom stereocenters. The van der Waals surface area contributed by atoms with Crippen LogP contribution in [-0.4, -0.2) is 13.7 Å². The summed E-state index contributed by atoms with van der Waals surface area (Å²) < 4.78 is 54.4. The summed E-state index contributed by atoms with van der Waals surface area (Å²) in [7, 11) is 1.55. The van der Waals surface area contributed by atoms with E-state index in [4.69, 9.17) is 9.47 Å². The van der Waals surface area contributed by atoms with E-state index in [1.807, 2.05) is 30.3 Å². The maximum Gasteiger partial charge on any atom is 0.166 e. The van der Waals surface area contributed by atoms with Crippen LogP contribution in [0.3, 0.4) is 0 Å². The van der Waals surface area contributed by atoms with Crippen LogP contribution in [0.5, 0.6) is 5.75 Å². The van der Waals surface area contributed by atoms with Crippen molar-refractivity contribution < 1.29 is 22.6 Å². The summed E-state index contributed by atoms with van der Waals surface area (Å²) >= 11 is 0. The number of hydrogen-bond acceptors (Lipinski definition) is 2. The lowest BCUT2D eigenvalue weighted by molar-refractivity contribution is 0.414. The largest absolute Gasteiger partial charge is 0.497 e. The third-order valence-corrected chi connectivity index (χ3v) is 6.21. The molecular formula is C29H23F3O2. The van der Waals surface area contributed by atoms with Crippen LogP contribution in [0.2, 0.25) is 0 Å². The van der Waals surface area contributed by atoms with Gasteiger partial charge >= 0.3 is 0 Å². The van der Waals surface area contributed by atoms with Gasteiger partial charge in [0, 0.05) is 11.1 Å². The van der Waals surface area contributed by atoms with E-state index in [-0.39, 0.29) is 17.5 Å². The molecule has 1 heterocycles. The Hall–Kier alpha value is -3.57. The average molecular weight is 460 g/mol. The van der Waals surface area contributed by atoms with Gasteiger partial charge in [0.05, 0.1) is 13.7 Å². The van der Waals surface area contributed by atoms with E-state index < -0.39 is 11.6 Å². The molecule has 0 radical (unpaired) electrons. The van der Waals surface area contributed by atoms with Crippen LogP contribution in [0.25, 0.3) is 22.3 Å². The van der Waals surface area contributed by atoms with Gasteiger partial charge in [-0.05, 0) is 58.9 Å². The zero-order chi connectivity index (χ0) is 23.7. The minimum Gasteiger partial charge on any atom is -0.497 e. The minimum absolute atomic E-state index is 0.0152. The summed E-state index contributed by atoms with van der Waals surface area (Å²) in [4.78, 5) is 0. The average Bonchev–Trinajstić information content (AvgIpc) is 3.71. The van der Waals surface area contributed by atoms with E-state index in [1.54, 1.807) is 49.6 Å². The minimum atomic E-state index is -0.853. The highest BCUT2D eigenvalue weighted by Gasteiger charge is 2.25. The monoisotopic (exact) mass is 460 g/mol. The molecule has 0 aliphatic carbocycles. The van der Waals surface area contributed by atoms with Crippen molar-refractivity contribution in [3.63, 3.8) is 0 Å². The first-order valence-electron chi connectivity index (χ1n) is 11.1. The number of epoxide rings is 1. The molecule has 2 nitrogen and oxygen atoms in total. The Bertz CT molecular complexity index is 1310. The predicted molar refractivity (Wildman–Crippen MR) is 126 cm³/mol. The Morgan fingerprint density at radius 1 is 0.765 bits per heavy atom. The summed E-state index contributed by atoms with van der Waals surface area (Å²) in [5.41, 5.74) is 4.24. The van der Waals surface area contributed by atoms with Crippen molar-refractivity contribution in [1.82, 2.24) is 0 Å². The number of ether oxygens (including phenoxy) is 2. The number of methoxy groups -OCH3 is 1. The van der Waals surface area contributed by atoms with Crippen LogP contribution in [0.4, 0.5) is 13.2 Å². The molecule has 4 aromatic rings. The second-order valence-electron chi connectivity index (χ2n) is 8.39. The van der Waals surface area contributed by atoms with E-state index in [9.17, 15) is 13.2 Å². The molecule has 5 heteroatoms. The Morgan fingerprint density at radius 3 is 2.06 bits per heavy atom. The zero-order valence-corrected chi connectivity index (χ0v) is 18.7. The highest BCUT2D eigenvalue weighted by Crippen LogP contribution is 2.33. The van der Waals surface area contributed by atoms with Crippen molar-refractivity contribution in [2.24, 2.45) is 0 Å². The SMILES string of the molecule is COc1ccc(-c2ccc(CCc3ccc(-c4ccc(C5CO5)cc4F)cc3)c(F)c2F)cc1. The summed E-state index contributed by atoms with van der Waals surface area (Å²) in [5, 5.41) is 0. The van der Waals surface area contributed by atoms with Crippen molar-refractivity contribution in [3.05, 3.63) is 113 Å². The standard InChI is InChI=1S/C29H23F3O2/c1-33-23-12-8-20(9-13-23)25-15-10-21(28(31)29(25)32)7-4-18-2-5-19(6-3-18)24-14-11-22(16-26(24)30)27-17-34-27/h2-3,5-6,8-16,27H,4,7,17H2,1H3. The Labute approximate surface area is 196 Å². The molecule has 1 aliphatic heterocycles. The Kier molecular flexibility index (Phi) is 6.12. The van der Waals surface area contributed by atoms with Crippen LogP contribution in [0.15, 0.2) is 78.9 Å². The van der Waals surface area contributed by atoms with E-state index >= 15 is 0 Å². The second-order valence-corrected chi connectivity index (χ2v) is 8.39. The fourth-order valence-corrected chi connectivity index (χ4v) is 4.11. The van der Waals surface area contributed by atoms with Gasteiger partial charge in [-0.1, -0.05) is 60.7 Å². The molecule has 1 unspecified atom stereocenters. The molecule has 172 valence electrons. The topological polar surface area (TPSA) is 21.8 Å². The first-order chi connectivity index (χ1) is 16.5. The van der Waals surface area contributed by atoms with Crippen molar-refractivity contribution in [2.45, 2.75) is 18.9 Å². The third-order valence-electron chi connectivity index (χ3n) is 6.21. The van der Waals surface area contributed by atoms with Gasteiger partial charge in [-0.25, -0.2) is 13.2 Å². The van der Waals surface area contributed by atoms with Crippen molar-refractivity contribution in [3.8, 4) is 28.0 Å². The van der Waals surface area contributed by atoms with Gasteiger partial charge in [-0.3, -0.25) is 0 Å². The van der Waals surface area contributed by atoms with Gasteiger partial charge in [0.1, 0.15) is 17.7 Å². The number of aryl methyl sites for hydroxylation is 2. The lowest BCUT2D eigenvalue weighted by Crippen LogP contribution is -2.00. The molecule has 1 saturated heterocycles. The fraction of sp³-hybridized carbons (Fsp3) is 0.172. The first kappa shape index (κ1) is 22.2. The molecule has 0 amide bonds. The first-order valence-corrected chi connectivity index (χ1v) is 11.1. The molecule has 0 bridgehead atoms. The Morgan fingerprint density at radius 2 is 1.41 bits per heavy atom. The lowest BCUT2D eigenvalue weighted by Gasteiger charge is -2.10. The van der Waals surface area contributed by atoms with Crippen LogP contribution >= 0.6 is 0 Å². The highest BCUT2D eigenvalue weighted by atomic mass is 19.2. The van der Waals surface area contributed by atoms with E-state index in [0.29, 0.717) is 41.9 Å². The van der Waals surface area contributed by atoms with Crippen LogP contribution in [0.1, 0.15) is 22.8 Å². The normalized spacial score (nSPS) is 14.8. The summed E-state index contributed by atoms with van der Waals surface area (Å²) in [6, 6.07) is 22.7. The van der Waals surface area contributed by atoms with Crippen LogP contribution in [-0.2, 0) is 17.6 Å². The number of rotatable bonds is 7. The number of halogens is 3. The molecule has 1 aliphatic rings. The molecule has 4 aromatic carbocycles. The quantitative estimate of drug-likeness (QED) is 0.270. The molecule has 5 rings (SSSR count). The van der Waals surface area contributed by atoms with Gasteiger partial charge < -0.3 is 9.47 Å². The van der Waals surface area contributed by atoms with Gasteiger partial charge in [-0.2, -0.15) is 0 Å². The van der Waals surface area contributed by atoms with Crippen molar-refractivity contribution >= 4 is 0 Å². The molecule has 0 N–H and O–H groups in total. The number of hydrogen-bond donors (Lipinski definition) is 0. The molecule has 0 saturated carbocycles. The molecule has 34 heavy (non-hydrogen) atoms. The van der Waals surface area contributed by atoms with Crippen molar-refractivity contribution in [2.75, 3.05) is 13.7 Å². The molecule has 0 spiro atoms. The second kappa shape index (κ2) is 9.35. The van der Waals surface area contributed by atoms with Crippen molar-refractivity contribution in [1.29, 1.82) is 0 Å². The fourth-order valence-electron chi connectivity index (χ4n) is 4.11.